The summed E-state index contributed by atoms with van der Waals surface area (Å²) < 4.78 is 1.84. The molecule has 23 heavy (non-hydrogen) atoms. The number of thiophene rings is 1. The number of aromatic nitrogens is 2. The first kappa shape index (κ1) is 15.3. The van der Waals surface area contributed by atoms with Gasteiger partial charge in [0.15, 0.2) is 0 Å². The molecule has 2 amide bonds. The number of urea groups is 1. The van der Waals surface area contributed by atoms with Gasteiger partial charge in [-0.25, -0.2) is 9.48 Å². The van der Waals surface area contributed by atoms with Crippen LogP contribution in [0.2, 0.25) is 0 Å². The number of carbonyl (C=O) groups is 1. The van der Waals surface area contributed by atoms with E-state index in [9.17, 15) is 4.79 Å². The molecule has 0 bridgehead atoms. The quantitative estimate of drug-likeness (QED) is 0.764. The van der Waals surface area contributed by atoms with Crippen LogP contribution in [0.3, 0.4) is 0 Å². The lowest BCUT2D eigenvalue weighted by Crippen LogP contribution is -2.28. The molecule has 2 N–H and O–H groups in total. The maximum Gasteiger partial charge on any atom is 0.319 e. The second kappa shape index (κ2) is 6.66. The molecule has 2 aromatic heterocycles. The van der Waals surface area contributed by atoms with Crippen molar-refractivity contribution in [2.75, 3.05) is 5.32 Å². The molecule has 6 heteroatoms. The Morgan fingerprint density at radius 3 is 2.65 bits per heavy atom. The third-order valence-electron chi connectivity index (χ3n) is 3.53. The standard InChI is InChI=1S/C17H18N4OS/c1-12-16(19-17(22)18-11-15-9-6-10-23-15)13(2)21(20-12)14-7-4-3-5-8-14/h3-10H,11H2,1-2H3,(H2,18,19,22). The van der Waals surface area contributed by atoms with Crippen molar-refractivity contribution in [3.05, 3.63) is 64.1 Å². The van der Waals surface area contributed by atoms with Crippen molar-refractivity contribution in [1.29, 1.82) is 0 Å². The number of para-hydroxylation sites is 1. The molecule has 0 fully saturated rings. The van der Waals surface area contributed by atoms with Gasteiger partial charge >= 0.3 is 6.03 Å². The second-order valence-electron chi connectivity index (χ2n) is 5.18. The number of nitrogens with one attached hydrogen (secondary N) is 2. The SMILES string of the molecule is Cc1nn(-c2ccccc2)c(C)c1NC(=O)NCc1cccs1. The Labute approximate surface area is 139 Å². The monoisotopic (exact) mass is 326 g/mol. The summed E-state index contributed by atoms with van der Waals surface area (Å²) in [4.78, 5) is 13.2. The van der Waals surface area contributed by atoms with Gasteiger partial charge < -0.3 is 10.6 Å². The Hall–Kier alpha value is -2.60. The molecular weight excluding hydrogens is 308 g/mol. The zero-order valence-electron chi connectivity index (χ0n) is 13.0. The molecule has 3 aromatic rings. The van der Waals surface area contributed by atoms with Crippen LogP contribution >= 0.6 is 11.3 Å². The predicted molar refractivity (Wildman–Crippen MR) is 93.2 cm³/mol. The number of carbonyl (C=O) groups excluding carboxylic acids is 1. The maximum absolute atomic E-state index is 12.1. The van der Waals surface area contributed by atoms with E-state index in [0.717, 1.165) is 27.6 Å². The third-order valence-corrected chi connectivity index (χ3v) is 4.41. The Bertz CT molecular complexity index is 794. The molecule has 0 spiro atoms. The maximum atomic E-state index is 12.1. The van der Waals surface area contributed by atoms with Crippen molar-refractivity contribution in [2.45, 2.75) is 20.4 Å². The number of hydrogen-bond donors (Lipinski definition) is 2. The van der Waals surface area contributed by atoms with Gasteiger partial charge in [0, 0.05) is 4.88 Å². The van der Waals surface area contributed by atoms with Crippen molar-refractivity contribution in [3.63, 3.8) is 0 Å². The molecule has 0 aliphatic heterocycles. The minimum atomic E-state index is -0.225. The molecule has 0 radical (unpaired) electrons. The summed E-state index contributed by atoms with van der Waals surface area (Å²) >= 11 is 1.62. The van der Waals surface area contributed by atoms with Gasteiger partial charge in [0.2, 0.25) is 0 Å². The van der Waals surface area contributed by atoms with Crippen LogP contribution in [0.15, 0.2) is 47.8 Å². The van der Waals surface area contributed by atoms with Crippen molar-refractivity contribution in [1.82, 2.24) is 15.1 Å². The highest BCUT2D eigenvalue weighted by molar-refractivity contribution is 7.09. The minimum absolute atomic E-state index is 0.225. The minimum Gasteiger partial charge on any atom is -0.333 e. The highest BCUT2D eigenvalue weighted by atomic mass is 32.1. The molecular formula is C17H18N4OS. The zero-order chi connectivity index (χ0) is 16.2. The third kappa shape index (κ3) is 3.43. The summed E-state index contributed by atoms with van der Waals surface area (Å²) in [6.45, 7) is 4.36. The van der Waals surface area contributed by atoms with Gasteiger partial charge in [-0.05, 0) is 37.4 Å². The van der Waals surface area contributed by atoms with Gasteiger partial charge in [0.1, 0.15) is 0 Å². The Balaban J connectivity index is 1.73. The van der Waals surface area contributed by atoms with Gasteiger partial charge in [-0.2, -0.15) is 5.10 Å². The first-order chi connectivity index (χ1) is 11.1. The highest BCUT2D eigenvalue weighted by Crippen LogP contribution is 2.22. The summed E-state index contributed by atoms with van der Waals surface area (Å²) in [7, 11) is 0. The van der Waals surface area contributed by atoms with E-state index in [1.54, 1.807) is 11.3 Å². The van der Waals surface area contributed by atoms with Crippen LogP contribution in [0.25, 0.3) is 5.69 Å². The molecule has 0 atom stereocenters. The summed E-state index contributed by atoms with van der Waals surface area (Å²) in [6, 6.07) is 13.6. The number of rotatable bonds is 4. The van der Waals surface area contributed by atoms with Gasteiger partial charge in [0.05, 0.1) is 29.3 Å². The summed E-state index contributed by atoms with van der Waals surface area (Å²) in [6.07, 6.45) is 0. The van der Waals surface area contributed by atoms with Gasteiger partial charge in [-0.15, -0.1) is 11.3 Å². The largest absolute Gasteiger partial charge is 0.333 e. The summed E-state index contributed by atoms with van der Waals surface area (Å²) in [5.41, 5.74) is 3.41. The summed E-state index contributed by atoms with van der Waals surface area (Å²) in [5, 5.41) is 12.3. The molecule has 5 nitrogen and oxygen atoms in total. The lowest BCUT2D eigenvalue weighted by molar-refractivity contribution is 0.252. The second-order valence-corrected chi connectivity index (χ2v) is 6.21. The number of nitrogens with zero attached hydrogens (tertiary/aromatic N) is 2. The molecule has 0 aliphatic rings. The average molecular weight is 326 g/mol. The Morgan fingerprint density at radius 2 is 1.96 bits per heavy atom. The normalized spacial score (nSPS) is 10.5. The lowest BCUT2D eigenvalue weighted by Gasteiger charge is -2.08. The average Bonchev–Trinajstić information content (AvgIpc) is 3.17. The van der Waals surface area contributed by atoms with Crippen LogP contribution in [0.1, 0.15) is 16.3 Å². The fourth-order valence-electron chi connectivity index (χ4n) is 2.38. The van der Waals surface area contributed by atoms with E-state index >= 15 is 0 Å². The van der Waals surface area contributed by atoms with Crippen molar-refractivity contribution >= 4 is 23.1 Å². The van der Waals surface area contributed by atoms with E-state index in [4.69, 9.17) is 0 Å². The molecule has 3 rings (SSSR count). The summed E-state index contributed by atoms with van der Waals surface area (Å²) in [5.74, 6) is 0. The molecule has 0 aliphatic carbocycles. The van der Waals surface area contributed by atoms with E-state index in [1.165, 1.54) is 0 Å². The van der Waals surface area contributed by atoms with Gasteiger partial charge in [-0.1, -0.05) is 24.3 Å². The molecule has 0 saturated heterocycles. The molecule has 1 aromatic carbocycles. The van der Waals surface area contributed by atoms with Crippen LogP contribution in [0.5, 0.6) is 0 Å². The van der Waals surface area contributed by atoms with E-state index in [0.29, 0.717) is 6.54 Å². The van der Waals surface area contributed by atoms with Crippen LogP contribution < -0.4 is 10.6 Å². The Kier molecular flexibility index (Phi) is 4.43. The molecule has 118 valence electrons. The van der Waals surface area contributed by atoms with E-state index < -0.39 is 0 Å². The van der Waals surface area contributed by atoms with Gasteiger partial charge in [-0.3, -0.25) is 0 Å². The fourth-order valence-corrected chi connectivity index (χ4v) is 3.03. The number of aryl methyl sites for hydroxylation is 1. The van der Waals surface area contributed by atoms with E-state index in [1.807, 2.05) is 66.4 Å². The smallest absolute Gasteiger partial charge is 0.319 e. The lowest BCUT2D eigenvalue weighted by atomic mass is 10.3. The first-order valence-corrected chi connectivity index (χ1v) is 8.22. The molecule has 2 heterocycles. The number of anilines is 1. The number of amides is 2. The van der Waals surface area contributed by atoms with Crippen LogP contribution in [-0.4, -0.2) is 15.8 Å². The van der Waals surface area contributed by atoms with E-state index in [2.05, 4.69) is 15.7 Å². The Morgan fingerprint density at radius 1 is 1.17 bits per heavy atom. The van der Waals surface area contributed by atoms with Crippen LogP contribution in [0.4, 0.5) is 10.5 Å². The topological polar surface area (TPSA) is 59.0 Å². The number of hydrogen-bond acceptors (Lipinski definition) is 3. The van der Waals surface area contributed by atoms with Crippen molar-refractivity contribution in [2.24, 2.45) is 0 Å². The zero-order valence-corrected chi connectivity index (χ0v) is 13.9. The fraction of sp³-hybridized carbons (Fsp3) is 0.176. The van der Waals surface area contributed by atoms with E-state index in [-0.39, 0.29) is 6.03 Å². The van der Waals surface area contributed by atoms with Crippen molar-refractivity contribution < 1.29 is 4.79 Å². The van der Waals surface area contributed by atoms with Gasteiger partial charge in [0.25, 0.3) is 0 Å². The molecule has 0 unspecified atom stereocenters. The number of benzene rings is 1. The highest BCUT2D eigenvalue weighted by Gasteiger charge is 2.14. The van der Waals surface area contributed by atoms with Crippen molar-refractivity contribution in [3.8, 4) is 5.69 Å². The van der Waals surface area contributed by atoms with Crippen LogP contribution in [-0.2, 0) is 6.54 Å². The first-order valence-electron chi connectivity index (χ1n) is 7.34. The predicted octanol–water partition coefficient (Wildman–Crippen LogP) is 3.87. The molecule has 0 saturated carbocycles. The van der Waals surface area contributed by atoms with Crippen LogP contribution in [0, 0.1) is 13.8 Å².